The predicted octanol–water partition coefficient (Wildman–Crippen LogP) is 2.13. The fraction of sp³-hybridized carbons (Fsp3) is 0.316. The fourth-order valence-corrected chi connectivity index (χ4v) is 4.50. The zero-order valence-electron chi connectivity index (χ0n) is 15.9. The highest BCUT2D eigenvalue weighted by Crippen LogP contribution is 2.28. The molecule has 1 aliphatic rings. The van der Waals surface area contributed by atoms with Gasteiger partial charge in [0, 0.05) is 31.7 Å². The lowest BCUT2D eigenvalue weighted by molar-refractivity contribution is 0.0697. The van der Waals surface area contributed by atoms with Crippen LogP contribution in [0.3, 0.4) is 0 Å². The topological polar surface area (TPSA) is 76.2 Å². The van der Waals surface area contributed by atoms with Gasteiger partial charge in [0.1, 0.15) is 0 Å². The van der Waals surface area contributed by atoms with Crippen LogP contribution < -0.4 is 9.47 Å². The summed E-state index contributed by atoms with van der Waals surface area (Å²) in [6.45, 7) is 0.410. The number of piperazine rings is 1. The second-order valence-corrected chi connectivity index (χ2v) is 8.28. The van der Waals surface area contributed by atoms with Gasteiger partial charge in [-0.25, -0.2) is 17.2 Å². The molecule has 0 aromatic heterocycles. The molecule has 0 radical (unpaired) electrons. The molecule has 29 heavy (non-hydrogen) atoms. The van der Waals surface area contributed by atoms with E-state index >= 15 is 0 Å². The predicted molar refractivity (Wildman–Crippen MR) is 101 cm³/mol. The number of ether oxygens (including phenoxy) is 2. The van der Waals surface area contributed by atoms with Crippen LogP contribution in [0.4, 0.5) is 8.78 Å². The summed E-state index contributed by atoms with van der Waals surface area (Å²) in [5.41, 5.74) is 0.388. The molecule has 1 amide bonds. The van der Waals surface area contributed by atoms with Gasteiger partial charge < -0.3 is 14.4 Å². The smallest absolute Gasteiger partial charge is 0.254 e. The number of hydrogen-bond donors (Lipinski definition) is 0. The van der Waals surface area contributed by atoms with E-state index in [0.717, 1.165) is 16.4 Å². The number of methoxy groups -OCH3 is 2. The lowest BCUT2D eigenvalue weighted by Gasteiger charge is -2.34. The largest absolute Gasteiger partial charge is 0.493 e. The summed E-state index contributed by atoms with van der Waals surface area (Å²) in [5, 5.41) is 0. The number of nitrogens with zero attached hydrogens (tertiary/aromatic N) is 2. The van der Waals surface area contributed by atoms with Crippen LogP contribution >= 0.6 is 0 Å². The van der Waals surface area contributed by atoms with Crippen LogP contribution in [-0.4, -0.2) is 63.9 Å². The molecule has 0 atom stereocenters. The number of carbonyl (C=O) groups excluding carboxylic acids is 1. The molecule has 2 aromatic rings. The molecule has 10 heteroatoms. The van der Waals surface area contributed by atoms with Crippen molar-refractivity contribution in [1.82, 2.24) is 9.21 Å². The van der Waals surface area contributed by atoms with Gasteiger partial charge in [-0.1, -0.05) is 0 Å². The van der Waals surface area contributed by atoms with Crippen molar-refractivity contribution in [3.8, 4) is 11.5 Å². The molecule has 7 nitrogen and oxygen atoms in total. The second kappa shape index (κ2) is 8.34. The van der Waals surface area contributed by atoms with Gasteiger partial charge in [-0.15, -0.1) is 0 Å². The van der Waals surface area contributed by atoms with Crippen molar-refractivity contribution in [2.24, 2.45) is 0 Å². The van der Waals surface area contributed by atoms with E-state index in [0.29, 0.717) is 23.1 Å². The van der Waals surface area contributed by atoms with Gasteiger partial charge in [0.2, 0.25) is 10.0 Å². The first kappa shape index (κ1) is 21.0. The summed E-state index contributed by atoms with van der Waals surface area (Å²) in [7, 11) is -1.02. The van der Waals surface area contributed by atoms with Crippen LogP contribution in [0.2, 0.25) is 0 Å². The number of amides is 1. The molecule has 0 unspecified atom stereocenters. The normalized spacial score (nSPS) is 15.2. The maximum Gasteiger partial charge on any atom is 0.254 e. The number of rotatable bonds is 5. The Balaban J connectivity index is 1.71. The Hall–Kier alpha value is -2.72. The Morgan fingerprint density at radius 3 is 2.14 bits per heavy atom. The van der Waals surface area contributed by atoms with E-state index in [1.165, 1.54) is 19.1 Å². The monoisotopic (exact) mass is 426 g/mol. The zero-order valence-corrected chi connectivity index (χ0v) is 16.7. The summed E-state index contributed by atoms with van der Waals surface area (Å²) >= 11 is 0. The van der Waals surface area contributed by atoms with Crippen molar-refractivity contribution in [2.75, 3.05) is 40.4 Å². The quantitative estimate of drug-likeness (QED) is 0.732. The molecule has 1 heterocycles. The molecule has 0 spiro atoms. The minimum atomic E-state index is -3.98. The highest BCUT2D eigenvalue weighted by molar-refractivity contribution is 7.89. The van der Waals surface area contributed by atoms with Crippen LogP contribution in [0.25, 0.3) is 0 Å². The van der Waals surface area contributed by atoms with E-state index in [9.17, 15) is 22.0 Å². The van der Waals surface area contributed by atoms with Gasteiger partial charge >= 0.3 is 0 Å². The Morgan fingerprint density at radius 2 is 1.55 bits per heavy atom. The number of hydrogen-bond acceptors (Lipinski definition) is 5. The van der Waals surface area contributed by atoms with E-state index in [4.69, 9.17) is 9.47 Å². The Labute approximate surface area is 167 Å². The Morgan fingerprint density at radius 1 is 0.897 bits per heavy atom. The summed E-state index contributed by atoms with van der Waals surface area (Å²) < 4.78 is 63.3. The second-order valence-electron chi connectivity index (χ2n) is 6.34. The zero-order chi connectivity index (χ0) is 21.2. The van der Waals surface area contributed by atoms with Crippen LogP contribution in [0.5, 0.6) is 11.5 Å². The first-order valence-corrected chi connectivity index (χ1v) is 10.2. The third-order valence-electron chi connectivity index (χ3n) is 4.69. The fourth-order valence-electron chi connectivity index (χ4n) is 3.07. The SMILES string of the molecule is COc1ccc(C(=O)N2CCN(S(=O)(=O)c3ccc(F)c(F)c3)CC2)cc1OC. The molecule has 2 aromatic carbocycles. The van der Waals surface area contributed by atoms with Crippen molar-refractivity contribution in [2.45, 2.75) is 4.90 Å². The van der Waals surface area contributed by atoms with E-state index in [2.05, 4.69) is 0 Å². The highest BCUT2D eigenvalue weighted by atomic mass is 32.2. The van der Waals surface area contributed by atoms with Crippen LogP contribution in [0.1, 0.15) is 10.4 Å². The molecule has 0 aliphatic carbocycles. The average molecular weight is 426 g/mol. The maximum absolute atomic E-state index is 13.4. The van der Waals surface area contributed by atoms with Gasteiger partial charge in [-0.05, 0) is 36.4 Å². The highest BCUT2D eigenvalue weighted by Gasteiger charge is 2.31. The Bertz CT molecular complexity index is 1020. The summed E-state index contributed by atoms with van der Waals surface area (Å²) in [4.78, 5) is 13.9. The number of benzene rings is 2. The van der Waals surface area contributed by atoms with Crippen LogP contribution in [-0.2, 0) is 10.0 Å². The van der Waals surface area contributed by atoms with E-state index in [1.807, 2.05) is 0 Å². The van der Waals surface area contributed by atoms with Crippen LogP contribution in [0.15, 0.2) is 41.3 Å². The Kier molecular flexibility index (Phi) is 6.04. The molecule has 1 fully saturated rings. The van der Waals surface area contributed by atoms with Gasteiger partial charge in [0.05, 0.1) is 19.1 Å². The summed E-state index contributed by atoms with van der Waals surface area (Å²) in [5.74, 6) is -1.71. The first-order valence-electron chi connectivity index (χ1n) is 8.74. The van der Waals surface area contributed by atoms with Crippen molar-refractivity contribution < 1.29 is 31.5 Å². The number of sulfonamides is 1. The molecule has 1 saturated heterocycles. The van der Waals surface area contributed by atoms with Crippen molar-refractivity contribution in [3.05, 3.63) is 53.6 Å². The number of carbonyl (C=O) groups is 1. The van der Waals surface area contributed by atoms with Crippen molar-refractivity contribution in [3.63, 3.8) is 0 Å². The minimum Gasteiger partial charge on any atom is -0.493 e. The molecule has 0 saturated carbocycles. The molecule has 3 rings (SSSR count). The van der Waals surface area contributed by atoms with Gasteiger partial charge in [0.15, 0.2) is 23.1 Å². The molecule has 0 bridgehead atoms. The molecule has 0 N–H and O–H groups in total. The minimum absolute atomic E-state index is 0.0420. The lowest BCUT2D eigenvalue weighted by atomic mass is 10.1. The summed E-state index contributed by atoms with van der Waals surface area (Å²) in [6, 6.07) is 7.25. The van der Waals surface area contributed by atoms with E-state index in [-0.39, 0.29) is 37.0 Å². The molecular weight excluding hydrogens is 406 g/mol. The van der Waals surface area contributed by atoms with Crippen molar-refractivity contribution >= 4 is 15.9 Å². The van der Waals surface area contributed by atoms with Crippen LogP contribution in [0, 0.1) is 11.6 Å². The standard InChI is InChI=1S/C19H20F2N2O5S/c1-27-17-6-3-13(11-18(17)28-2)19(24)22-7-9-23(10-8-22)29(25,26)14-4-5-15(20)16(21)12-14/h3-6,11-12H,7-10H2,1-2H3. The molecular formula is C19H20F2N2O5S. The first-order chi connectivity index (χ1) is 13.8. The molecule has 156 valence electrons. The molecule has 1 aliphatic heterocycles. The lowest BCUT2D eigenvalue weighted by Crippen LogP contribution is -2.50. The van der Waals surface area contributed by atoms with Crippen molar-refractivity contribution in [1.29, 1.82) is 0 Å². The maximum atomic E-state index is 13.4. The third-order valence-corrected chi connectivity index (χ3v) is 6.58. The van der Waals surface area contributed by atoms with Gasteiger partial charge in [0.25, 0.3) is 5.91 Å². The van der Waals surface area contributed by atoms with Gasteiger partial charge in [-0.3, -0.25) is 4.79 Å². The third kappa shape index (κ3) is 4.18. The van der Waals surface area contributed by atoms with Gasteiger partial charge in [-0.2, -0.15) is 4.31 Å². The number of halogens is 2. The average Bonchev–Trinajstić information content (AvgIpc) is 2.74. The summed E-state index contributed by atoms with van der Waals surface area (Å²) in [6.07, 6.45) is 0. The van der Waals surface area contributed by atoms with E-state index in [1.54, 1.807) is 18.2 Å². The van der Waals surface area contributed by atoms with E-state index < -0.39 is 21.7 Å².